The molecule has 2 amide bonds. The van der Waals surface area contributed by atoms with E-state index in [1.165, 1.54) is 12.8 Å². The molecule has 2 unspecified atom stereocenters. The zero-order valence-electron chi connectivity index (χ0n) is 12.5. The van der Waals surface area contributed by atoms with Gasteiger partial charge in [-0.1, -0.05) is 13.8 Å². The average Bonchev–Trinajstić information content (AvgIpc) is 3.12. The maximum Gasteiger partial charge on any atom is 0.225 e. The molecule has 1 aliphatic carbocycles. The number of hydrogen-bond donors (Lipinski definition) is 2. The lowest BCUT2D eigenvalue weighted by Gasteiger charge is -2.23. The number of aliphatic hydroxyl groups is 1. The summed E-state index contributed by atoms with van der Waals surface area (Å²) in [7, 11) is 0. The monoisotopic (exact) mass is 282 g/mol. The molecule has 2 N–H and O–H groups in total. The number of likely N-dealkylation sites (tertiary alicyclic amines) is 1. The van der Waals surface area contributed by atoms with E-state index in [9.17, 15) is 9.59 Å². The zero-order valence-corrected chi connectivity index (χ0v) is 12.5. The molecule has 2 atom stereocenters. The van der Waals surface area contributed by atoms with Crippen molar-refractivity contribution < 1.29 is 14.7 Å². The van der Waals surface area contributed by atoms with E-state index in [-0.39, 0.29) is 36.3 Å². The fourth-order valence-electron chi connectivity index (χ4n) is 2.75. The van der Waals surface area contributed by atoms with Gasteiger partial charge in [-0.25, -0.2) is 0 Å². The number of carbonyl (C=O) groups is 2. The first-order valence-corrected chi connectivity index (χ1v) is 7.70. The van der Waals surface area contributed by atoms with Crippen LogP contribution in [0.5, 0.6) is 0 Å². The molecule has 114 valence electrons. The van der Waals surface area contributed by atoms with Crippen LogP contribution >= 0.6 is 0 Å². The summed E-state index contributed by atoms with van der Waals surface area (Å²) in [5.74, 6) is 0.801. The first-order valence-electron chi connectivity index (χ1n) is 7.70. The molecule has 1 saturated carbocycles. The van der Waals surface area contributed by atoms with Crippen molar-refractivity contribution in [3.63, 3.8) is 0 Å². The van der Waals surface area contributed by atoms with Crippen LogP contribution in [0.2, 0.25) is 0 Å². The third-order valence-corrected chi connectivity index (χ3v) is 4.33. The molecule has 5 heteroatoms. The molecule has 0 bridgehead atoms. The molecule has 2 aliphatic rings. The predicted molar refractivity (Wildman–Crippen MR) is 75.9 cm³/mol. The smallest absolute Gasteiger partial charge is 0.225 e. The summed E-state index contributed by atoms with van der Waals surface area (Å²) in [6.07, 6.45) is 3.33. The van der Waals surface area contributed by atoms with E-state index in [2.05, 4.69) is 5.32 Å². The third kappa shape index (κ3) is 3.95. The van der Waals surface area contributed by atoms with Gasteiger partial charge in [0.1, 0.15) is 0 Å². The van der Waals surface area contributed by atoms with Gasteiger partial charge in [-0.2, -0.15) is 0 Å². The van der Waals surface area contributed by atoms with Crippen LogP contribution < -0.4 is 5.32 Å². The number of hydrogen-bond acceptors (Lipinski definition) is 3. The first kappa shape index (κ1) is 15.3. The van der Waals surface area contributed by atoms with Crippen LogP contribution in [0.4, 0.5) is 0 Å². The Bertz CT molecular complexity index is 366. The first-order chi connectivity index (χ1) is 9.51. The molecule has 2 fully saturated rings. The Morgan fingerprint density at radius 1 is 1.45 bits per heavy atom. The van der Waals surface area contributed by atoms with Crippen molar-refractivity contribution in [1.29, 1.82) is 0 Å². The largest absolute Gasteiger partial charge is 0.396 e. The lowest BCUT2D eigenvalue weighted by molar-refractivity contribution is -0.129. The summed E-state index contributed by atoms with van der Waals surface area (Å²) in [6.45, 7) is 5.51. The van der Waals surface area contributed by atoms with E-state index in [1.807, 2.05) is 18.7 Å². The van der Waals surface area contributed by atoms with E-state index in [4.69, 9.17) is 5.11 Å². The van der Waals surface area contributed by atoms with Crippen molar-refractivity contribution in [3.8, 4) is 0 Å². The number of amides is 2. The molecular weight excluding hydrogens is 256 g/mol. The van der Waals surface area contributed by atoms with Gasteiger partial charge in [0.15, 0.2) is 0 Å². The van der Waals surface area contributed by atoms with Gasteiger partial charge >= 0.3 is 0 Å². The van der Waals surface area contributed by atoms with Crippen LogP contribution in [-0.4, -0.2) is 47.6 Å². The van der Waals surface area contributed by atoms with Crippen molar-refractivity contribution in [2.75, 3.05) is 19.7 Å². The second-order valence-electron chi connectivity index (χ2n) is 6.51. The summed E-state index contributed by atoms with van der Waals surface area (Å²) in [5.41, 5.74) is 0. The van der Waals surface area contributed by atoms with E-state index in [0.717, 1.165) is 6.54 Å². The molecule has 0 aromatic carbocycles. The lowest BCUT2D eigenvalue weighted by Crippen LogP contribution is -2.43. The van der Waals surface area contributed by atoms with Gasteiger partial charge in [-0.15, -0.1) is 0 Å². The normalized spacial score (nSPS) is 24.3. The highest BCUT2D eigenvalue weighted by atomic mass is 16.3. The maximum absolute atomic E-state index is 12.3. The summed E-state index contributed by atoms with van der Waals surface area (Å²) in [5, 5.41) is 12.0. The highest BCUT2D eigenvalue weighted by Crippen LogP contribution is 2.32. The van der Waals surface area contributed by atoms with Crippen LogP contribution in [0.15, 0.2) is 0 Å². The Labute approximate surface area is 120 Å². The summed E-state index contributed by atoms with van der Waals surface area (Å²) in [6, 6.07) is -0.0138. The SMILES string of the molecule is CC(C)C(CCO)NC(=O)C1CC(=O)N(CC2CC2)C1. The number of rotatable bonds is 7. The minimum atomic E-state index is -0.221. The molecule has 1 aliphatic heterocycles. The van der Waals surface area contributed by atoms with Crippen LogP contribution in [0, 0.1) is 17.8 Å². The van der Waals surface area contributed by atoms with Gasteiger partial charge < -0.3 is 15.3 Å². The lowest BCUT2D eigenvalue weighted by atomic mass is 9.99. The van der Waals surface area contributed by atoms with Gasteiger partial charge in [0.2, 0.25) is 11.8 Å². The Morgan fingerprint density at radius 3 is 2.70 bits per heavy atom. The van der Waals surface area contributed by atoms with E-state index in [1.54, 1.807) is 0 Å². The van der Waals surface area contributed by atoms with Crippen LogP contribution in [0.25, 0.3) is 0 Å². The highest BCUT2D eigenvalue weighted by Gasteiger charge is 2.37. The molecule has 2 rings (SSSR count). The van der Waals surface area contributed by atoms with E-state index in [0.29, 0.717) is 25.3 Å². The quantitative estimate of drug-likeness (QED) is 0.724. The number of nitrogens with zero attached hydrogens (tertiary/aromatic N) is 1. The van der Waals surface area contributed by atoms with E-state index < -0.39 is 0 Å². The number of carbonyl (C=O) groups excluding carboxylic acids is 2. The standard InChI is InChI=1S/C15H26N2O3/c1-10(2)13(5-6-18)16-15(20)12-7-14(19)17(9-12)8-11-3-4-11/h10-13,18H,3-9H2,1-2H3,(H,16,20). The third-order valence-electron chi connectivity index (χ3n) is 4.33. The minimum Gasteiger partial charge on any atom is -0.396 e. The van der Waals surface area contributed by atoms with Crippen molar-refractivity contribution in [1.82, 2.24) is 10.2 Å². The predicted octanol–water partition coefficient (Wildman–Crippen LogP) is 0.768. The van der Waals surface area contributed by atoms with Gasteiger partial charge in [-0.05, 0) is 31.1 Å². The Morgan fingerprint density at radius 2 is 2.15 bits per heavy atom. The topological polar surface area (TPSA) is 69.6 Å². The Balaban J connectivity index is 1.84. The van der Waals surface area contributed by atoms with Gasteiger partial charge in [-0.3, -0.25) is 9.59 Å². The molecular formula is C15H26N2O3. The summed E-state index contributed by atoms with van der Waals surface area (Å²) >= 11 is 0. The molecule has 0 spiro atoms. The molecule has 20 heavy (non-hydrogen) atoms. The highest BCUT2D eigenvalue weighted by molar-refractivity contribution is 5.89. The van der Waals surface area contributed by atoms with Crippen LogP contribution in [0.1, 0.15) is 39.5 Å². The van der Waals surface area contributed by atoms with E-state index >= 15 is 0 Å². The van der Waals surface area contributed by atoms with Gasteiger partial charge in [0.25, 0.3) is 0 Å². The second-order valence-corrected chi connectivity index (χ2v) is 6.51. The molecule has 1 saturated heterocycles. The minimum absolute atomic E-state index is 0.0138. The Kier molecular flexibility index (Phi) is 5.02. The fourth-order valence-corrected chi connectivity index (χ4v) is 2.75. The maximum atomic E-state index is 12.3. The second kappa shape index (κ2) is 6.57. The van der Waals surface area contributed by atoms with Crippen LogP contribution in [0.3, 0.4) is 0 Å². The summed E-state index contributed by atoms with van der Waals surface area (Å²) in [4.78, 5) is 26.0. The Hall–Kier alpha value is -1.10. The van der Waals surface area contributed by atoms with Gasteiger partial charge in [0.05, 0.1) is 5.92 Å². The molecule has 1 heterocycles. The van der Waals surface area contributed by atoms with Crippen LogP contribution in [-0.2, 0) is 9.59 Å². The number of aliphatic hydroxyl groups excluding tert-OH is 1. The average molecular weight is 282 g/mol. The van der Waals surface area contributed by atoms with Crippen molar-refractivity contribution in [2.45, 2.75) is 45.6 Å². The fraction of sp³-hybridized carbons (Fsp3) is 0.867. The zero-order chi connectivity index (χ0) is 14.7. The molecule has 5 nitrogen and oxygen atoms in total. The van der Waals surface area contributed by atoms with Gasteiger partial charge in [0, 0.05) is 32.2 Å². The molecule has 0 aromatic heterocycles. The summed E-state index contributed by atoms with van der Waals surface area (Å²) < 4.78 is 0. The van der Waals surface area contributed by atoms with Crippen molar-refractivity contribution in [2.24, 2.45) is 17.8 Å². The van der Waals surface area contributed by atoms with Crippen molar-refractivity contribution >= 4 is 11.8 Å². The van der Waals surface area contributed by atoms with Crippen molar-refractivity contribution in [3.05, 3.63) is 0 Å². The number of nitrogens with one attached hydrogen (secondary N) is 1. The molecule has 0 radical (unpaired) electrons. The molecule has 0 aromatic rings.